The summed E-state index contributed by atoms with van der Waals surface area (Å²) in [5.41, 5.74) is 0.685. The average Bonchev–Trinajstić information content (AvgIpc) is 2.26. The van der Waals surface area contributed by atoms with E-state index >= 15 is 0 Å². The van der Waals surface area contributed by atoms with Crippen molar-refractivity contribution in [1.29, 1.82) is 0 Å². The monoisotopic (exact) mass is 224 g/mol. The molecular formula is C13H17FO2. The minimum absolute atomic E-state index is 0.332. The van der Waals surface area contributed by atoms with E-state index in [2.05, 4.69) is 6.92 Å². The second-order valence-corrected chi connectivity index (χ2v) is 3.94. The van der Waals surface area contributed by atoms with Gasteiger partial charge in [0, 0.05) is 0 Å². The Hall–Kier alpha value is -1.38. The van der Waals surface area contributed by atoms with E-state index in [1.165, 1.54) is 12.1 Å². The van der Waals surface area contributed by atoms with Gasteiger partial charge in [0.15, 0.2) is 0 Å². The lowest BCUT2D eigenvalue weighted by atomic mass is 9.93. The highest BCUT2D eigenvalue weighted by molar-refractivity contribution is 5.75. The molecule has 3 heteroatoms. The standard InChI is InChI=1S/C13H17FO2/c1-2-3-4-5-12(13(15)16)10-6-8-11(14)9-7-10/h6-9,12H,2-5H2,1H3,(H,15,16). The van der Waals surface area contributed by atoms with Crippen LogP contribution < -0.4 is 0 Å². The molecular weight excluding hydrogens is 207 g/mol. The molecule has 0 aliphatic carbocycles. The molecule has 0 radical (unpaired) electrons. The molecule has 1 N–H and O–H groups in total. The Morgan fingerprint density at radius 2 is 1.94 bits per heavy atom. The topological polar surface area (TPSA) is 37.3 Å². The van der Waals surface area contributed by atoms with Crippen LogP contribution in [0.2, 0.25) is 0 Å². The zero-order chi connectivity index (χ0) is 12.0. The maximum absolute atomic E-state index is 12.7. The van der Waals surface area contributed by atoms with E-state index in [-0.39, 0.29) is 5.82 Å². The van der Waals surface area contributed by atoms with Gasteiger partial charge in [-0.1, -0.05) is 38.3 Å². The van der Waals surface area contributed by atoms with Gasteiger partial charge in [0.05, 0.1) is 5.92 Å². The van der Waals surface area contributed by atoms with Crippen molar-refractivity contribution in [3.05, 3.63) is 35.6 Å². The Balaban J connectivity index is 2.69. The van der Waals surface area contributed by atoms with E-state index in [0.29, 0.717) is 12.0 Å². The molecule has 0 amide bonds. The molecule has 0 fully saturated rings. The van der Waals surface area contributed by atoms with Crippen LogP contribution in [0.3, 0.4) is 0 Å². The summed E-state index contributed by atoms with van der Waals surface area (Å²) in [5, 5.41) is 9.10. The zero-order valence-corrected chi connectivity index (χ0v) is 9.45. The lowest BCUT2D eigenvalue weighted by molar-refractivity contribution is -0.139. The third-order valence-electron chi connectivity index (χ3n) is 2.67. The Labute approximate surface area is 95.1 Å². The lowest BCUT2D eigenvalue weighted by Crippen LogP contribution is -2.11. The number of unbranched alkanes of at least 4 members (excludes halogenated alkanes) is 2. The van der Waals surface area contributed by atoms with Crippen molar-refractivity contribution < 1.29 is 14.3 Å². The molecule has 1 atom stereocenters. The van der Waals surface area contributed by atoms with Crippen LogP contribution in [0.25, 0.3) is 0 Å². The molecule has 1 aromatic carbocycles. The van der Waals surface area contributed by atoms with Gasteiger partial charge in [-0.2, -0.15) is 0 Å². The van der Waals surface area contributed by atoms with Crippen LogP contribution in [0.4, 0.5) is 4.39 Å². The van der Waals surface area contributed by atoms with Crippen molar-refractivity contribution in [3.8, 4) is 0 Å². The first-order valence-corrected chi connectivity index (χ1v) is 5.63. The van der Waals surface area contributed by atoms with Crippen LogP contribution in [-0.4, -0.2) is 11.1 Å². The minimum atomic E-state index is -0.831. The second-order valence-electron chi connectivity index (χ2n) is 3.94. The number of benzene rings is 1. The minimum Gasteiger partial charge on any atom is -0.481 e. The number of halogens is 1. The van der Waals surface area contributed by atoms with Crippen molar-refractivity contribution >= 4 is 5.97 Å². The van der Waals surface area contributed by atoms with Gasteiger partial charge in [0.2, 0.25) is 0 Å². The average molecular weight is 224 g/mol. The van der Waals surface area contributed by atoms with Crippen LogP contribution in [0.15, 0.2) is 24.3 Å². The van der Waals surface area contributed by atoms with Crippen LogP contribution in [0.1, 0.15) is 44.1 Å². The first-order chi connectivity index (χ1) is 7.65. The molecule has 2 nitrogen and oxygen atoms in total. The first kappa shape index (κ1) is 12.7. The highest BCUT2D eigenvalue weighted by atomic mass is 19.1. The highest BCUT2D eigenvalue weighted by Crippen LogP contribution is 2.23. The van der Waals surface area contributed by atoms with Crippen molar-refractivity contribution in [2.24, 2.45) is 0 Å². The molecule has 1 aromatic rings. The summed E-state index contributed by atoms with van der Waals surface area (Å²) in [7, 11) is 0. The van der Waals surface area contributed by atoms with E-state index in [0.717, 1.165) is 19.3 Å². The molecule has 0 heterocycles. The van der Waals surface area contributed by atoms with E-state index in [1.807, 2.05) is 0 Å². The summed E-state index contributed by atoms with van der Waals surface area (Å²) >= 11 is 0. The molecule has 1 rings (SSSR count). The maximum Gasteiger partial charge on any atom is 0.310 e. The van der Waals surface area contributed by atoms with Crippen LogP contribution in [-0.2, 0) is 4.79 Å². The summed E-state index contributed by atoms with van der Waals surface area (Å²) in [6.07, 6.45) is 3.61. The molecule has 88 valence electrons. The third-order valence-corrected chi connectivity index (χ3v) is 2.67. The van der Waals surface area contributed by atoms with Crippen molar-refractivity contribution in [2.75, 3.05) is 0 Å². The summed E-state index contributed by atoms with van der Waals surface area (Å²) in [6, 6.07) is 5.73. The quantitative estimate of drug-likeness (QED) is 0.750. The number of aliphatic carboxylic acids is 1. The lowest BCUT2D eigenvalue weighted by Gasteiger charge is -2.12. The van der Waals surface area contributed by atoms with Gasteiger partial charge in [-0.05, 0) is 24.1 Å². The van der Waals surface area contributed by atoms with E-state index in [4.69, 9.17) is 5.11 Å². The van der Waals surface area contributed by atoms with Crippen LogP contribution >= 0.6 is 0 Å². The van der Waals surface area contributed by atoms with E-state index in [9.17, 15) is 9.18 Å². The summed E-state index contributed by atoms with van der Waals surface area (Å²) < 4.78 is 12.7. The van der Waals surface area contributed by atoms with Crippen molar-refractivity contribution in [1.82, 2.24) is 0 Å². The van der Waals surface area contributed by atoms with Crippen LogP contribution in [0, 0.1) is 5.82 Å². The Morgan fingerprint density at radius 1 is 1.31 bits per heavy atom. The van der Waals surface area contributed by atoms with E-state index in [1.54, 1.807) is 12.1 Å². The summed E-state index contributed by atoms with van der Waals surface area (Å²) in [5.74, 6) is -1.67. The number of carboxylic acids is 1. The number of rotatable bonds is 6. The fourth-order valence-corrected chi connectivity index (χ4v) is 1.73. The normalized spacial score (nSPS) is 12.4. The fraction of sp³-hybridized carbons (Fsp3) is 0.462. The largest absolute Gasteiger partial charge is 0.481 e. The smallest absolute Gasteiger partial charge is 0.310 e. The fourth-order valence-electron chi connectivity index (χ4n) is 1.73. The van der Waals surface area contributed by atoms with Gasteiger partial charge < -0.3 is 5.11 Å². The molecule has 0 spiro atoms. The van der Waals surface area contributed by atoms with Gasteiger partial charge in [-0.25, -0.2) is 4.39 Å². The Morgan fingerprint density at radius 3 is 2.44 bits per heavy atom. The molecule has 0 saturated heterocycles. The van der Waals surface area contributed by atoms with Gasteiger partial charge in [0.1, 0.15) is 5.82 Å². The van der Waals surface area contributed by atoms with E-state index < -0.39 is 11.9 Å². The Kier molecular flexibility index (Phi) is 4.96. The Bertz CT molecular complexity index is 332. The summed E-state index contributed by atoms with van der Waals surface area (Å²) in [6.45, 7) is 2.08. The number of hydrogen-bond acceptors (Lipinski definition) is 1. The SMILES string of the molecule is CCCCCC(C(=O)O)c1ccc(F)cc1. The van der Waals surface area contributed by atoms with Crippen LogP contribution in [0.5, 0.6) is 0 Å². The molecule has 0 aromatic heterocycles. The van der Waals surface area contributed by atoms with Gasteiger partial charge in [-0.3, -0.25) is 4.79 Å². The molecule has 0 aliphatic rings. The molecule has 0 aliphatic heterocycles. The highest BCUT2D eigenvalue weighted by Gasteiger charge is 2.18. The zero-order valence-electron chi connectivity index (χ0n) is 9.45. The number of carbonyl (C=O) groups is 1. The van der Waals surface area contributed by atoms with Gasteiger partial charge in [0.25, 0.3) is 0 Å². The molecule has 0 saturated carbocycles. The van der Waals surface area contributed by atoms with Gasteiger partial charge >= 0.3 is 5.97 Å². The summed E-state index contributed by atoms with van der Waals surface area (Å²) in [4.78, 5) is 11.1. The molecule has 16 heavy (non-hydrogen) atoms. The van der Waals surface area contributed by atoms with Crippen molar-refractivity contribution in [2.45, 2.75) is 38.5 Å². The number of hydrogen-bond donors (Lipinski definition) is 1. The predicted molar refractivity (Wildman–Crippen MR) is 60.9 cm³/mol. The number of carboxylic acid groups (broad SMARTS) is 1. The predicted octanol–water partition coefficient (Wildman–Crippen LogP) is 3.57. The molecule has 0 bridgehead atoms. The second kappa shape index (κ2) is 6.26. The third kappa shape index (κ3) is 3.65. The maximum atomic E-state index is 12.7. The van der Waals surface area contributed by atoms with Crippen molar-refractivity contribution in [3.63, 3.8) is 0 Å². The molecule has 1 unspecified atom stereocenters. The first-order valence-electron chi connectivity index (χ1n) is 5.63. The van der Waals surface area contributed by atoms with Gasteiger partial charge in [-0.15, -0.1) is 0 Å².